The van der Waals surface area contributed by atoms with Gasteiger partial charge in [0, 0.05) is 27.8 Å². The average Bonchev–Trinajstić information content (AvgIpc) is 2.70. The molecule has 0 aliphatic rings. The van der Waals surface area contributed by atoms with Crippen molar-refractivity contribution in [2.45, 2.75) is 23.0 Å². The molecular formula is C11H12BrN3S. The van der Waals surface area contributed by atoms with Crippen LogP contribution in [-0.2, 0) is 0 Å². The Balaban J connectivity index is 2.34. The maximum atomic E-state index is 5.93. The minimum Gasteiger partial charge on any atom is -0.339 e. The van der Waals surface area contributed by atoms with Gasteiger partial charge in [-0.05, 0) is 24.6 Å². The van der Waals surface area contributed by atoms with Gasteiger partial charge < -0.3 is 10.7 Å². The largest absolute Gasteiger partial charge is 0.339 e. The predicted octanol–water partition coefficient (Wildman–Crippen LogP) is 3.34. The number of aromatic amines is 1. The number of halogens is 1. The Bertz CT molecular complexity index is 468. The molecule has 1 atom stereocenters. The summed E-state index contributed by atoms with van der Waals surface area (Å²) in [7, 11) is 0. The lowest BCUT2D eigenvalue weighted by Gasteiger charge is -2.11. The Kier molecular flexibility index (Phi) is 3.68. The topological polar surface area (TPSA) is 54.7 Å². The van der Waals surface area contributed by atoms with Crippen molar-refractivity contribution in [2.24, 2.45) is 5.73 Å². The molecule has 0 aliphatic carbocycles. The van der Waals surface area contributed by atoms with Crippen LogP contribution in [0.4, 0.5) is 0 Å². The molecular weight excluding hydrogens is 286 g/mol. The minimum atomic E-state index is 0.0190. The first-order valence-corrected chi connectivity index (χ1v) is 6.50. The molecule has 16 heavy (non-hydrogen) atoms. The van der Waals surface area contributed by atoms with Gasteiger partial charge in [0.15, 0.2) is 5.16 Å². The summed E-state index contributed by atoms with van der Waals surface area (Å²) < 4.78 is 1.05. The summed E-state index contributed by atoms with van der Waals surface area (Å²) in [6.07, 6.45) is 3.55. The second kappa shape index (κ2) is 5.03. The molecule has 0 saturated carbocycles. The normalized spacial score (nSPS) is 12.7. The maximum Gasteiger partial charge on any atom is 0.170 e. The van der Waals surface area contributed by atoms with Crippen molar-refractivity contribution < 1.29 is 0 Å². The summed E-state index contributed by atoms with van der Waals surface area (Å²) in [6.45, 7) is 1.98. The molecule has 0 spiro atoms. The lowest BCUT2D eigenvalue weighted by molar-refractivity contribution is 0.796. The zero-order valence-corrected chi connectivity index (χ0v) is 11.2. The van der Waals surface area contributed by atoms with E-state index in [0.717, 1.165) is 20.1 Å². The van der Waals surface area contributed by atoms with Gasteiger partial charge in [0.05, 0.1) is 0 Å². The summed E-state index contributed by atoms with van der Waals surface area (Å²) in [5.74, 6) is 0. The third-order valence-electron chi connectivity index (χ3n) is 2.15. The van der Waals surface area contributed by atoms with Crippen LogP contribution in [0.25, 0.3) is 0 Å². The minimum absolute atomic E-state index is 0.0190. The van der Waals surface area contributed by atoms with E-state index in [4.69, 9.17) is 5.73 Å². The molecule has 5 heteroatoms. The third kappa shape index (κ3) is 2.66. The fourth-order valence-corrected chi connectivity index (χ4v) is 2.90. The third-order valence-corrected chi connectivity index (χ3v) is 3.63. The molecule has 0 aliphatic heterocycles. The molecule has 1 aromatic carbocycles. The Labute approximate surface area is 107 Å². The zero-order chi connectivity index (χ0) is 11.5. The summed E-state index contributed by atoms with van der Waals surface area (Å²) >= 11 is 5.05. The predicted molar refractivity (Wildman–Crippen MR) is 69.5 cm³/mol. The number of aromatic nitrogens is 2. The molecule has 0 radical (unpaired) electrons. The van der Waals surface area contributed by atoms with Gasteiger partial charge in [-0.1, -0.05) is 33.8 Å². The van der Waals surface area contributed by atoms with Gasteiger partial charge in [0.2, 0.25) is 0 Å². The molecule has 0 saturated heterocycles. The highest BCUT2D eigenvalue weighted by Gasteiger charge is 2.09. The van der Waals surface area contributed by atoms with Crippen LogP contribution < -0.4 is 5.73 Å². The lowest BCUT2D eigenvalue weighted by atomic mass is 10.1. The highest BCUT2D eigenvalue weighted by atomic mass is 79.9. The molecule has 0 bridgehead atoms. The smallest absolute Gasteiger partial charge is 0.170 e. The number of rotatable bonds is 3. The van der Waals surface area contributed by atoms with Gasteiger partial charge in [-0.3, -0.25) is 0 Å². The number of hydrogen-bond acceptors (Lipinski definition) is 3. The first-order chi connectivity index (χ1) is 7.66. The first kappa shape index (κ1) is 11.7. The Morgan fingerprint density at radius 1 is 1.50 bits per heavy atom. The number of nitrogens with two attached hydrogens (primary N) is 1. The highest BCUT2D eigenvalue weighted by molar-refractivity contribution is 9.10. The van der Waals surface area contributed by atoms with Crippen molar-refractivity contribution in [1.29, 1.82) is 0 Å². The van der Waals surface area contributed by atoms with Crippen LogP contribution in [0.3, 0.4) is 0 Å². The zero-order valence-electron chi connectivity index (χ0n) is 8.77. The summed E-state index contributed by atoms with van der Waals surface area (Å²) in [5.41, 5.74) is 7.06. The molecule has 84 valence electrons. The highest BCUT2D eigenvalue weighted by Crippen LogP contribution is 2.32. The second-order valence-corrected chi connectivity index (χ2v) is 5.41. The van der Waals surface area contributed by atoms with Crippen LogP contribution in [0, 0.1) is 0 Å². The van der Waals surface area contributed by atoms with Gasteiger partial charge in [0.1, 0.15) is 0 Å². The molecule has 0 fully saturated rings. The molecule has 2 rings (SSSR count). The van der Waals surface area contributed by atoms with E-state index in [9.17, 15) is 0 Å². The van der Waals surface area contributed by atoms with Crippen molar-refractivity contribution in [1.82, 2.24) is 9.97 Å². The Morgan fingerprint density at radius 2 is 2.31 bits per heavy atom. The van der Waals surface area contributed by atoms with E-state index in [1.165, 1.54) is 0 Å². The van der Waals surface area contributed by atoms with E-state index >= 15 is 0 Å². The van der Waals surface area contributed by atoms with Crippen molar-refractivity contribution in [3.8, 4) is 0 Å². The van der Waals surface area contributed by atoms with E-state index < -0.39 is 0 Å². The summed E-state index contributed by atoms with van der Waals surface area (Å²) in [6, 6.07) is 6.13. The number of hydrogen-bond donors (Lipinski definition) is 2. The van der Waals surface area contributed by atoms with Gasteiger partial charge in [-0.2, -0.15) is 0 Å². The second-order valence-electron chi connectivity index (χ2n) is 3.47. The Morgan fingerprint density at radius 3 is 2.94 bits per heavy atom. The van der Waals surface area contributed by atoms with E-state index in [0.29, 0.717) is 0 Å². The number of imidazole rings is 1. The van der Waals surface area contributed by atoms with Crippen LogP contribution in [0.15, 0.2) is 45.1 Å². The SMILES string of the molecule is CC(N)c1ccc(Br)cc1Sc1ncc[nH]1. The average molecular weight is 298 g/mol. The molecule has 1 unspecified atom stereocenters. The molecule has 0 amide bonds. The van der Waals surface area contributed by atoms with E-state index in [-0.39, 0.29) is 6.04 Å². The Hall–Kier alpha value is -0.780. The fourth-order valence-electron chi connectivity index (χ4n) is 1.38. The van der Waals surface area contributed by atoms with Crippen LogP contribution in [0.5, 0.6) is 0 Å². The molecule has 1 aromatic heterocycles. The van der Waals surface area contributed by atoms with Gasteiger partial charge >= 0.3 is 0 Å². The first-order valence-electron chi connectivity index (χ1n) is 4.89. The monoisotopic (exact) mass is 297 g/mol. The fraction of sp³-hybridized carbons (Fsp3) is 0.182. The summed E-state index contributed by atoms with van der Waals surface area (Å²) in [4.78, 5) is 8.38. The van der Waals surface area contributed by atoms with Crippen LogP contribution >= 0.6 is 27.7 Å². The number of H-pyrrole nitrogens is 1. The molecule has 3 nitrogen and oxygen atoms in total. The molecule has 3 N–H and O–H groups in total. The van der Waals surface area contributed by atoms with Gasteiger partial charge in [0.25, 0.3) is 0 Å². The van der Waals surface area contributed by atoms with Crippen molar-refractivity contribution in [3.05, 3.63) is 40.6 Å². The molecule has 1 heterocycles. The number of nitrogens with one attached hydrogen (secondary N) is 1. The van der Waals surface area contributed by atoms with E-state index in [2.05, 4.69) is 32.0 Å². The van der Waals surface area contributed by atoms with Crippen LogP contribution in [0.2, 0.25) is 0 Å². The number of benzene rings is 1. The van der Waals surface area contributed by atoms with Crippen molar-refractivity contribution in [2.75, 3.05) is 0 Å². The van der Waals surface area contributed by atoms with E-state index in [1.54, 1.807) is 18.0 Å². The lowest BCUT2D eigenvalue weighted by Crippen LogP contribution is -2.06. The van der Waals surface area contributed by atoms with Gasteiger partial charge in [-0.15, -0.1) is 0 Å². The maximum absolute atomic E-state index is 5.93. The van der Waals surface area contributed by atoms with Crippen LogP contribution in [-0.4, -0.2) is 9.97 Å². The summed E-state index contributed by atoms with van der Waals surface area (Å²) in [5, 5.41) is 0.875. The number of nitrogens with zero attached hydrogens (tertiary/aromatic N) is 1. The standard InChI is InChI=1S/C11H12BrN3S/c1-7(13)9-3-2-8(12)6-10(9)16-11-14-4-5-15-11/h2-7H,13H2,1H3,(H,14,15). The van der Waals surface area contributed by atoms with Crippen molar-refractivity contribution in [3.63, 3.8) is 0 Å². The van der Waals surface area contributed by atoms with Gasteiger partial charge in [-0.25, -0.2) is 4.98 Å². The van der Waals surface area contributed by atoms with Crippen LogP contribution in [0.1, 0.15) is 18.5 Å². The van der Waals surface area contributed by atoms with Crippen molar-refractivity contribution >= 4 is 27.7 Å². The molecule has 2 aromatic rings. The quantitative estimate of drug-likeness (QED) is 0.913. The van der Waals surface area contributed by atoms with E-state index in [1.807, 2.05) is 25.3 Å².